The zero-order valence-electron chi connectivity index (χ0n) is 15.3. The third kappa shape index (κ3) is 5.42. The molecule has 0 bridgehead atoms. The van der Waals surface area contributed by atoms with Crippen LogP contribution in [0.15, 0.2) is 41.3 Å². The lowest BCUT2D eigenvalue weighted by Crippen LogP contribution is -2.36. The second-order valence-electron chi connectivity index (χ2n) is 6.44. The molecule has 0 aliphatic carbocycles. The number of halogens is 2. The van der Waals surface area contributed by atoms with Gasteiger partial charge < -0.3 is 8.92 Å². The van der Waals surface area contributed by atoms with E-state index < -0.39 is 15.9 Å². The molecule has 0 radical (unpaired) electrons. The van der Waals surface area contributed by atoms with Gasteiger partial charge in [-0.25, -0.2) is 4.39 Å². The molecule has 0 N–H and O–H groups in total. The summed E-state index contributed by atoms with van der Waals surface area (Å²) in [5.74, 6) is -0.179. The predicted molar refractivity (Wildman–Crippen MR) is 103 cm³/mol. The van der Waals surface area contributed by atoms with Crippen LogP contribution < -0.4 is 4.18 Å². The molecule has 2 aromatic carbocycles. The summed E-state index contributed by atoms with van der Waals surface area (Å²) in [6, 6.07) is 8.35. The number of ether oxygens (including phenoxy) is 1. The Kier molecular flexibility index (Phi) is 7.22. The number of nitrogens with zero attached hydrogens (tertiary/aromatic N) is 1. The van der Waals surface area contributed by atoms with Crippen LogP contribution in [-0.4, -0.2) is 39.6 Å². The molecule has 0 spiro atoms. The molecule has 5 nitrogen and oxygen atoms in total. The first-order chi connectivity index (χ1) is 12.3. The second-order valence-corrected chi connectivity index (χ2v) is 7.98. The van der Waals surface area contributed by atoms with Crippen LogP contribution in [0.25, 0.3) is 0 Å². The first-order valence-corrected chi connectivity index (χ1v) is 9.86. The van der Waals surface area contributed by atoms with E-state index in [-0.39, 0.29) is 17.3 Å². The van der Waals surface area contributed by atoms with Crippen molar-refractivity contribution in [3.63, 3.8) is 0 Å². The van der Waals surface area contributed by atoms with Crippen molar-refractivity contribution in [2.24, 2.45) is 0 Å². The minimum atomic E-state index is -4.04. The fraction of sp³-hybridized carbons (Fsp3) is 0.368. The largest absolute Gasteiger partial charge is 0.379 e. The van der Waals surface area contributed by atoms with E-state index in [2.05, 4.69) is 4.90 Å². The maximum atomic E-state index is 13.1. The van der Waals surface area contributed by atoms with Gasteiger partial charge in [-0.3, -0.25) is 4.90 Å². The molecule has 1 heterocycles. The van der Waals surface area contributed by atoms with Crippen LogP contribution in [0.5, 0.6) is 5.75 Å². The molecule has 2 aromatic rings. The lowest BCUT2D eigenvalue weighted by Gasteiger charge is -2.28. The summed E-state index contributed by atoms with van der Waals surface area (Å²) in [4.78, 5) is 2.13. The van der Waals surface area contributed by atoms with Crippen molar-refractivity contribution in [2.75, 3.05) is 26.3 Å². The Morgan fingerprint density at radius 1 is 1.11 bits per heavy atom. The normalized spacial score (nSPS) is 15.2. The monoisotopic (exact) mass is 415 g/mol. The smallest absolute Gasteiger partial charge is 0.339 e. The lowest BCUT2D eigenvalue weighted by molar-refractivity contribution is 0.0339. The highest BCUT2D eigenvalue weighted by molar-refractivity contribution is 7.87. The molecule has 0 amide bonds. The predicted octanol–water partition coefficient (Wildman–Crippen LogP) is 3.46. The Balaban J connectivity index is 0.00000261. The van der Waals surface area contributed by atoms with Gasteiger partial charge in [0.2, 0.25) is 0 Å². The number of hydrogen-bond acceptors (Lipinski definition) is 5. The van der Waals surface area contributed by atoms with E-state index in [0.29, 0.717) is 25.5 Å². The Labute approximate surface area is 165 Å². The molecule has 0 atom stereocenters. The van der Waals surface area contributed by atoms with Crippen LogP contribution in [0.4, 0.5) is 4.39 Å². The quantitative estimate of drug-likeness (QED) is 0.700. The van der Waals surface area contributed by atoms with Gasteiger partial charge in [0.25, 0.3) is 0 Å². The maximum absolute atomic E-state index is 13.1. The summed E-state index contributed by atoms with van der Waals surface area (Å²) < 4.78 is 49.1. The highest BCUT2D eigenvalue weighted by Crippen LogP contribution is 2.29. The summed E-state index contributed by atoms with van der Waals surface area (Å²) in [6.07, 6.45) is 0. The lowest BCUT2D eigenvalue weighted by atomic mass is 10.0. The van der Waals surface area contributed by atoms with Gasteiger partial charge in [0, 0.05) is 25.2 Å². The minimum Gasteiger partial charge on any atom is -0.379 e. The third-order valence-electron chi connectivity index (χ3n) is 4.36. The number of hydrogen-bond donors (Lipinski definition) is 0. The van der Waals surface area contributed by atoms with Crippen molar-refractivity contribution in [3.8, 4) is 5.75 Å². The molecule has 148 valence electrons. The standard InChI is InChI=1S/C19H22FNO4S.ClH/c1-14-11-15(2)18(13-21-7-9-24-10-8-21)19(12-14)25-26(22,23)17-5-3-16(20)4-6-17;/h3-6,11-12H,7-10,13H2,1-2H3;1H. The third-order valence-corrected chi connectivity index (χ3v) is 5.61. The molecule has 1 saturated heterocycles. The highest BCUT2D eigenvalue weighted by Gasteiger charge is 2.22. The topological polar surface area (TPSA) is 55.8 Å². The van der Waals surface area contributed by atoms with Gasteiger partial charge in [-0.1, -0.05) is 6.07 Å². The van der Waals surface area contributed by atoms with Gasteiger partial charge in [0.05, 0.1) is 13.2 Å². The summed E-state index contributed by atoms with van der Waals surface area (Å²) in [6.45, 7) is 7.33. The molecule has 8 heteroatoms. The number of rotatable bonds is 5. The summed E-state index contributed by atoms with van der Waals surface area (Å²) in [5.41, 5.74) is 2.72. The fourth-order valence-electron chi connectivity index (χ4n) is 2.99. The highest BCUT2D eigenvalue weighted by atomic mass is 35.5. The van der Waals surface area contributed by atoms with Crippen LogP contribution in [0.3, 0.4) is 0 Å². The summed E-state index contributed by atoms with van der Waals surface area (Å²) >= 11 is 0. The van der Waals surface area contributed by atoms with Crippen molar-refractivity contribution in [1.82, 2.24) is 4.90 Å². The number of aryl methyl sites for hydroxylation is 2. The van der Waals surface area contributed by atoms with Crippen molar-refractivity contribution in [3.05, 3.63) is 58.9 Å². The van der Waals surface area contributed by atoms with Gasteiger partial charge in [-0.2, -0.15) is 8.42 Å². The van der Waals surface area contributed by atoms with Crippen LogP contribution in [-0.2, 0) is 21.4 Å². The van der Waals surface area contributed by atoms with Crippen molar-refractivity contribution in [1.29, 1.82) is 0 Å². The Bertz CT molecular complexity index is 881. The van der Waals surface area contributed by atoms with E-state index in [9.17, 15) is 12.8 Å². The van der Waals surface area contributed by atoms with E-state index in [4.69, 9.17) is 8.92 Å². The van der Waals surface area contributed by atoms with E-state index in [0.717, 1.165) is 41.9 Å². The Hall–Kier alpha value is -1.67. The van der Waals surface area contributed by atoms with Crippen molar-refractivity contribution >= 4 is 22.5 Å². The first kappa shape index (κ1) is 21.6. The van der Waals surface area contributed by atoms with Crippen LogP contribution in [0.2, 0.25) is 0 Å². The van der Waals surface area contributed by atoms with Gasteiger partial charge in [-0.15, -0.1) is 12.4 Å². The zero-order valence-corrected chi connectivity index (χ0v) is 16.9. The van der Waals surface area contributed by atoms with Crippen LogP contribution in [0.1, 0.15) is 16.7 Å². The van der Waals surface area contributed by atoms with Gasteiger partial charge >= 0.3 is 10.1 Å². The molecular weight excluding hydrogens is 393 g/mol. The van der Waals surface area contributed by atoms with Crippen molar-refractivity contribution in [2.45, 2.75) is 25.3 Å². The number of morpholine rings is 1. The Morgan fingerprint density at radius 3 is 2.37 bits per heavy atom. The van der Waals surface area contributed by atoms with Gasteiger partial charge in [-0.05, 0) is 55.3 Å². The van der Waals surface area contributed by atoms with E-state index in [1.807, 2.05) is 19.9 Å². The summed E-state index contributed by atoms with van der Waals surface area (Å²) in [5, 5.41) is 0. The molecule has 1 fully saturated rings. The van der Waals surface area contributed by atoms with Crippen molar-refractivity contribution < 1.29 is 21.7 Å². The average molecular weight is 416 g/mol. The van der Waals surface area contributed by atoms with Crippen LogP contribution in [0, 0.1) is 19.7 Å². The molecule has 0 aromatic heterocycles. The van der Waals surface area contributed by atoms with E-state index in [1.54, 1.807) is 6.07 Å². The average Bonchev–Trinajstić information content (AvgIpc) is 2.59. The SMILES string of the molecule is Cc1cc(C)c(CN2CCOCC2)c(OS(=O)(=O)c2ccc(F)cc2)c1.Cl. The number of benzene rings is 2. The first-order valence-electron chi connectivity index (χ1n) is 8.45. The molecule has 1 aliphatic rings. The second kappa shape index (κ2) is 9.01. The van der Waals surface area contributed by atoms with Gasteiger partial charge in [0.1, 0.15) is 16.5 Å². The molecule has 0 saturated carbocycles. The molecular formula is C19H23ClFNO4S. The molecule has 1 aliphatic heterocycles. The fourth-order valence-corrected chi connectivity index (χ4v) is 3.94. The van der Waals surface area contributed by atoms with E-state index >= 15 is 0 Å². The maximum Gasteiger partial charge on any atom is 0.339 e. The van der Waals surface area contributed by atoms with Gasteiger partial charge in [0.15, 0.2) is 0 Å². The molecule has 27 heavy (non-hydrogen) atoms. The molecule has 0 unspecified atom stereocenters. The van der Waals surface area contributed by atoms with Crippen LogP contribution >= 0.6 is 12.4 Å². The van der Waals surface area contributed by atoms with E-state index in [1.165, 1.54) is 12.1 Å². The Morgan fingerprint density at radius 2 is 1.74 bits per heavy atom. The minimum absolute atomic E-state index is 0. The zero-order chi connectivity index (χ0) is 18.7. The summed E-state index contributed by atoms with van der Waals surface area (Å²) in [7, 11) is -4.04. The molecule has 3 rings (SSSR count).